The molecule has 56 heavy (non-hydrogen) atoms. The lowest BCUT2D eigenvalue weighted by Gasteiger charge is -2.32. The van der Waals surface area contributed by atoms with Gasteiger partial charge in [-0.15, -0.1) is 0 Å². The molecule has 4 aliphatic heterocycles. The number of benzene rings is 4. The summed E-state index contributed by atoms with van der Waals surface area (Å²) in [5.74, 6) is -0.156. The highest BCUT2D eigenvalue weighted by Gasteiger charge is 2.52. The summed E-state index contributed by atoms with van der Waals surface area (Å²) in [7, 11) is 2.99. The lowest BCUT2D eigenvalue weighted by atomic mass is 9.71. The molecular formula is C48H53N4O2S2+. The van der Waals surface area contributed by atoms with Crippen LogP contribution in [0.2, 0.25) is 0 Å². The van der Waals surface area contributed by atoms with Gasteiger partial charge in [-0.05, 0) is 106 Å². The highest BCUT2D eigenvalue weighted by molar-refractivity contribution is 8.93. The Morgan fingerprint density at radius 1 is 0.679 bits per heavy atom. The molecule has 8 rings (SSSR count). The fourth-order valence-corrected chi connectivity index (χ4v) is 11.3. The van der Waals surface area contributed by atoms with E-state index in [-0.39, 0.29) is 22.6 Å². The SMILES string of the molecule is CCC1(CC)C2=[N+](CCC(=O)NC3(NC(=O)CCN4/C(=C/C=C/C=C/C=C/2)C(CC)(CC)c2c4ccc4cc(C)ccc24)SS3)c2ccc3cc(C)ccc3c21. The van der Waals surface area contributed by atoms with E-state index >= 15 is 0 Å². The Kier molecular flexibility index (Phi) is 10.3. The topological polar surface area (TPSA) is 64.5 Å². The molecule has 1 fully saturated rings. The van der Waals surface area contributed by atoms with Crippen molar-refractivity contribution in [1.29, 1.82) is 0 Å². The second-order valence-electron chi connectivity index (χ2n) is 15.7. The van der Waals surface area contributed by atoms with Gasteiger partial charge < -0.3 is 15.5 Å². The number of rotatable bonds is 4. The van der Waals surface area contributed by atoms with Crippen LogP contribution < -0.4 is 15.5 Å². The number of nitrogens with zero attached hydrogens (tertiary/aromatic N) is 2. The predicted molar refractivity (Wildman–Crippen MR) is 238 cm³/mol. The molecule has 1 saturated heterocycles. The number of aryl methyl sites for hydroxylation is 2. The van der Waals surface area contributed by atoms with Gasteiger partial charge in [-0.2, -0.15) is 4.58 Å². The third kappa shape index (κ3) is 6.43. The Morgan fingerprint density at radius 3 is 1.91 bits per heavy atom. The maximum atomic E-state index is 13.7. The molecule has 0 atom stereocenters. The van der Waals surface area contributed by atoms with Crippen LogP contribution in [-0.2, 0) is 20.4 Å². The van der Waals surface area contributed by atoms with Gasteiger partial charge in [-0.25, -0.2) is 0 Å². The van der Waals surface area contributed by atoms with Gasteiger partial charge in [-0.1, -0.05) is 112 Å². The molecule has 6 nitrogen and oxygen atoms in total. The van der Waals surface area contributed by atoms with Crippen molar-refractivity contribution in [3.8, 4) is 0 Å². The van der Waals surface area contributed by atoms with Crippen LogP contribution in [0.1, 0.15) is 88.5 Å². The maximum Gasteiger partial charge on any atom is 0.231 e. The van der Waals surface area contributed by atoms with E-state index in [1.54, 1.807) is 0 Å². The van der Waals surface area contributed by atoms with Crippen LogP contribution in [0, 0.1) is 13.8 Å². The largest absolute Gasteiger partial charge is 0.343 e. The minimum atomic E-state index is -0.838. The van der Waals surface area contributed by atoms with Crippen LogP contribution in [-0.4, -0.2) is 39.5 Å². The molecule has 288 valence electrons. The smallest absolute Gasteiger partial charge is 0.231 e. The van der Waals surface area contributed by atoms with Gasteiger partial charge in [-0.3, -0.25) is 9.59 Å². The second-order valence-corrected chi connectivity index (χ2v) is 18.5. The Bertz CT molecular complexity index is 2410. The van der Waals surface area contributed by atoms with E-state index in [1.165, 1.54) is 88.2 Å². The Labute approximate surface area is 339 Å². The number of amides is 2. The van der Waals surface area contributed by atoms with Crippen molar-refractivity contribution in [1.82, 2.24) is 10.6 Å². The van der Waals surface area contributed by atoms with Gasteiger partial charge in [0, 0.05) is 47.5 Å². The summed E-state index contributed by atoms with van der Waals surface area (Å²) in [5.41, 5.74) is 9.59. The Morgan fingerprint density at radius 2 is 1.27 bits per heavy atom. The molecule has 4 aromatic rings. The van der Waals surface area contributed by atoms with E-state index in [4.69, 9.17) is 0 Å². The molecule has 1 spiro atoms. The number of carbonyl (C=O) groups is 2. The van der Waals surface area contributed by atoms with Crippen molar-refractivity contribution >= 4 is 72.0 Å². The van der Waals surface area contributed by atoms with Crippen molar-refractivity contribution in [3.63, 3.8) is 0 Å². The molecular weight excluding hydrogens is 729 g/mol. The normalized spacial score (nSPS) is 22.7. The molecule has 2 N–H and O–H groups in total. The average molecular weight is 782 g/mol. The highest BCUT2D eigenvalue weighted by Crippen LogP contribution is 2.61. The summed E-state index contributed by atoms with van der Waals surface area (Å²) in [6, 6.07) is 22.5. The summed E-state index contributed by atoms with van der Waals surface area (Å²) < 4.78 is 1.53. The first kappa shape index (κ1) is 38.3. The van der Waals surface area contributed by atoms with Crippen molar-refractivity contribution in [3.05, 3.63) is 131 Å². The van der Waals surface area contributed by atoms with E-state index in [0.717, 1.165) is 25.7 Å². The molecule has 2 amide bonds. The lowest BCUT2D eigenvalue weighted by molar-refractivity contribution is -0.436. The minimum absolute atomic E-state index is 0.0782. The van der Waals surface area contributed by atoms with Gasteiger partial charge in [0.2, 0.25) is 21.8 Å². The van der Waals surface area contributed by atoms with E-state index in [1.807, 2.05) is 0 Å². The molecule has 0 aliphatic carbocycles. The zero-order valence-corrected chi connectivity index (χ0v) is 35.1. The third-order valence-corrected chi connectivity index (χ3v) is 15.2. The summed E-state index contributed by atoms with van der Waals surface area (Å²) in [6.07, 6.45) is 19.5. The summed E-state index contributed by atoms with van der Waals surface area (Å²) >= 11 is 0. The molecule has 0 radical (unpaired) electrons. The van der Waals surface area contributed by atoms with Crippen LogP contribution in [0.4, 0.5) is 11.4 Å². The monoisotopic (exact) mass is 781 g/mol. The standard InChI is InChI=1S/C48H52N4O2S2/c1-7-46(8-2)40-16-14-12-11-13-15-17-41-47(9-3,10-4)45-37-23-19-33(6)31-35(37)21-25-39(45)52(41)29-27-43(54)50-48(55-56-48)49-42(53)26-28-51(40)38-24-20-34-30-32(5)18-22-36(34)44(38)46/h11-25,30-31H,7-10,26-29H2,1-6H3,(H-,49,50,53,54)/p+1. The van der Waals surface area contributed by atoms with Crippen LogP contribution in [0.15, 0.2) is 109 Å². The zero-order valence-electron chi connectivity index (χ0n) is 33.5. The first-order chi connectivity index (χ1) is 27.1. The first-order valence-electron chi connectivity index (χ1n) is 20.3. The summed E-state index contributed by atoms with van der Waals surface area (Å²) in [4.78, 5) is 29.9. The number of carbonyl (C=O) groups excluding carboxylic acids is 2. The number of allylic oxidation sites excluding steroid dienone is 8. The van der Waals surface area contributed by atoms with E-state index in [2.05, 4.69) is 165 Å². The number of fused-ring (bicyclic) bond motifs is 9. The van der Waals surface area contributed by atoms with Crippen LogP contribution in [0.5, 0.6) is 0 Å². The van der Waals surface area contributed by atoms with E-state index in [0.29, 0.717) is 25.9 Å². The Balaban J connectivity index is 1.22. The van der Waals surface area contributed by atoms with Gasteiger partial charge in [0.1, 0.15) is 0 Å². The van der Waals surface area contributed by atoms with Crippen molar-refractivity contribution in [2.75, 3.05) is 18.0 Å². The third-order valence-electron chi connectivity index (χ3n) is 12.8. The molecule has 4 aliphatic rings. The van der Waals surface area contributed by atoms with Gasteiger partial charge in [0.25, 0.3) is 0 Å². The van der Waals surface area contributed by atoms with Gasteiger partial charge in [0.15, 0.2) is 12.3 Å². The molecule has 0 unspecified atom stereocenters. The van der Waals surface area contributed by atoms with Gasteiger partial charge >= 0.3 is 0 Å². The molecule has 0 bridgehead atoms. The molecule has 4 heterocycles. The van der Waals surface area contributed by atoms with Crippen molar-refractivity contribution in [2.24, 2.45) is 0 Å². The Hall–Kier alpha value is -4.53. The lowest BCUT2D eigenvalue weighted by Crippen LogP contribution is -2.49. The zero-order chi connectivity index (χ0) is 39.2. The highest BCUT2D eigenvalue weighted by atomic mass is 33.2. The van der Waals surface area contributed by atoms with Crippen LogP contribution in [0.25, 0.3) is 21.5 Å². The van der Waals surface area contributed by atoms with E-state index < -0.39 is 4.33 Å². The fourth-order valence-electron chi connectivity index (χ4n) is 9.84. The molecule has 0 aromatic heterocycles. The fraction of sp³-hybridized carbons (Fsp3) is 0.354. The minimum Gasteiger partial charge on any atom is -0.343 e. The van der Waals surface area contributed by atoms with Gasteiger partial charge in [0.05, 0.1) is 11.8 Å². The quantitative estimate of drug-likeness (QED) is 0.123. The van der Waals surface area contributed by atoms with E-state index in [9.17, 15) is 9.59 Å². The first-order valence-corrected chi connectivity index (χ1v) is 22.5. The maximum absolute atomic E-state index is 13.7. The molecule has 0 saturated carbocycles. The summed E-state index contributed by atoms with van der Waals surface area (Å²) in [6.45, 7) is 14.5. The number of hydrogen-bond acceptors (Lipinski definition) is 5. The van der Waals surface area contributed by atoms with Crippen LogP contribution in [0.3, 0.4) is 0 Å². The number of nitrogens with one attached hydrogen (secondary N) is 2. The predicted octanol–water partition coefficient (Wildman–Crippen LogP) is 10.9. The number of hydrogen-bond donors (Lipinski definition) is 2. The second kappa shape index (κ2) is 15.1. The molecule has 4 aromatic carbocycles. The number of anilines is 1. The van der Waals surface area contributed by atoms with Crippen LogP contribution >= 0.6 is 21.6 Å². The summed E-state index contributed by atoms with van der Waals surface area (Å²) in [5, 5.41) is 11.4. The molecule has 8 heteroatoms. The average Bonchev–Trinajstić information content (AvgIpc) is 3.80. The van der Waals surface area contributed by atoms with Crippen molar-refractivity contribution in [2.45, 2.75) is 95.2 Å². The van der Waals surface area contributed by atoms with Crippen molar-refractivity contribution < 1.29 is 14.2 Å².